The molecule has 1 aromatic carbocycles. The van der Waals surface area contributed by atoms with E-state index in [-0.39, 0.29) is 34.0 Å². The second-order valence-electron chi connectivity index (χ2n) is 6.53. The van der Waals surface area contributed by atoms with Crippen molar-refractivity contribution < 1.29 is 9.21 Å². The van der Waals surface area contributed by atoms with Crippen LogP contribution in [0.25, 0.3) is 22.6 Å². The molecule has 8 nitrogen and oxygen atoms in total. The summed E-state index contributed by atoms with van der Waals surface area (Å²) in [5, 5.41) is 13.6. The molecule has 0 saturated carbocycles. The Labute approximate surface area is 156 Å². The van der Waals surface area contributed by atoms with Crippen LogP contribution in [0.2, 0.25) is 0 Å². The number of Topliss-reactive ketones (excluding diaryl/α,β-unsaturated/α-hetero) is 1. The number of nitrogens with two attached hydrogens (primary N) is 1. The highest BCUT2D eigenvalue weighted by atomic mass is 16.3. The summed E-state index contributed by atoms with van der Waals surface area (Å²) >= 11 is 0. The third-order valence-electron chi connectivity index (χ3n) is 4.56. The summed E-state index contributed by atoms with van der Waals surface area (Å²) in [5.74, 6) is 0.0359. The predicted octanol–water partition coefficient (Wildman–Crippen LogP) is 3.49. The zero-order valence-corrected chi connectivity index (χ0v) is 15.3. The Morgan fingerprint density at radius 1 is 1.19 bits per heavy atom. The number of nitrogens with one attached hydrogen (secondary N) is 1. The largest absolute Gasteiger partial charge is 0.449 e. The van der Waals surface area contributed by atoms with Crippen molar-refractivity contribution in [3.8, 4) is 11.6 Å². The number of H-pyrrole nitrogens is 1. The third kappa shape index (κ3) is 4.05. The molecule has 2 heterocycles. The average Bonchev–Trinajstić information content (AvgIpc) is 3.21. The number of tetrazole rings is 1. The van der Waals surface area contributed by atoms with Crippen LogP contribution in [0.4, 0.5) is 5.69 Å². The SMILES string of the molecule is CCCCCCCCC(=O)c1cccc2c(=O)c(N)c(-c3nn[nH]n3)oc12. The molecule has 0 atom stereocenters. The summed E-state index contributed by atoms with van der Waals surface area (Å²) in [6.45, 7) is 2.17. The van der Waals surface area contributed by atoms with Crippen LogP contribution >= 0.6 is 0 Å². The van der Waals surface area contributed by atoms with Crippen molar-refractivity contribution in [1.82, 2.24) is 20.6 Å². The molecule has 0 saturated heterocycles. The number of hydrogen-bond acceptors (Lipinski definition) is 7. The number of fused-ring (bicyclic) bond motifs is 1. The van der Waals surface area contributed by atoms with Gasteiger partial charge in [0.2, 0.25) is 17.0 Å². The van der Waals surface area contributed by atoms with E-state index in [1.165, 1.54) is 19.3 Å². The van der Waals surface area contributed by atoms with Crippen molar-refractivity contribution in [1.29, 1.82) is 0 Å². The molecule has 27 heavy (non-hydrogen) atoms. The molecule has 0 radical (unpaired) electrons. The van der Waals surface area contributed by atoms with E-state index in [2.05, 4.69) is 27.5 Å². The normalized spacial score (nSPS) is 11.1. The minimum atomic E-state index is -0.412. The number of unbranched alkanes of at least 4 members (excludes halogenated alkanes) is 5. The van der Waals surface area contributed by atoms with Gasteiger partial charge in [-0.05, 0) is 23.8 Å². The number of aromatic amines is 1. The van der Waals surface area contributed by atoms with Gasteiger partial charge in [0.25, 0.3) is 0 Å². The lowest BCUT2D eigenvalue weighted by atomic mass is 10.0. The third-order valence-corrected chi connectivity index (χ3v) is 4.56. The quantitative estimate of drug-likeness (QED) is 0.436. The first-order valence-corrected chi connectivity index (χ1v) is 9.25. The van der Waals surface area contributed by atoms with Crippen LogP contribution in [0.3, 0.4) is 0 Å². The fourth-order valence-electron chi connectivity index (χ4n) is 3.08. The Balaban J connectivity index is 1.88. The molecular formula is C19H23N5O3. The molecule has 8 heteroatoms. The van der Waals surface area contributed by atoms with Gasteiger partial charge in [-0.3, -0.25) is 9.59 Å². The monoisotopic (exact) mass is 369 g/mol. The number of aromatic nitrogens is 4. The molecule has 142 valence electrons. The highest BCUT2D eigenvalue weighted by Crippen LogP contribution is 2.27. The van der Waals surface area contributed by atoms with Gasteiger partial charge in [-0.25, -0.2) is 0 Å². The van der Waals surface area contributed by atoms with E-state index < -0.39 is 5.43 Å². The molecule has 3 N–H and O–H groups in total. The number of para-hydroxylation sites is 1. The van der Waals surface area contributed by atoms with Gasteiger partial charge < -0.3 is 10.2 Å². The minimum absolute atomic E-state index is 0.0149. The first kappa shape index (κ1) is 18.8. The topological polar surface area (TPSA) is 128 Å². The molecule has 3 aromatic rings. The van der Waals surface area contributed by atoms with Crippen LogP contribution in [0, 0.1) is 0 Å². The average molecular weight is 369 g/mol. The molecular weight excluding hydrogens is 346 g/mol. The Bertz CT molecular complexity index is 979. The number of carbonyl (C=O) groups excluding carboxylic acids is 1. The Morgan fingerprint density at radius 3 is 2.70 bits per heavy atom. The van der Waals surface area contributed by atoms with Gasteiger partial charge in [-0.2, -0.15) is 5.21 Å². The smallest absolute Gasteiger partial charge is 0.242 e. The second-order valence-corrected chi connectivity index (χ2v) is 6.53. The summed E-state index contributed by atoms with van der Waals surface area (Å²) in [4.78, 5) is 25.3. The van der Waals surface area contributed by atoms with Gasteiger partial charge in [-0.15, -0.1) is 10.2 Å². The first-order valence-electron chi connectivity index (χ1n) is 9.25. The number of nitrogen functional groups attached to an aromatic ring is 1. The van der Waals surface area contributed by atoms with E-state index in [0.29, 0.717) is 12.0 Å². The van der Waals surface area contributed by atoms with Gasteiger partial charge in [-0.1, -0.05) is 45.1 Å². The highest BCUT2D eigenvalue weighted by molar-refractivity contribution is 6.06. The number of rotatable bonds is 9. The Morgan fingerprint density at radius 2 is 1.96 bits per heavy atom. The molecule has 0 aliphatic rings. The lowest BCUT2D eigenvalue weighted by molar-refractivity contribution is 0.0979. The van der Waals surface area contributed by atoms with Crippen molar-refractivity contribution in [3.63, 3.8) is 0 Å². The molecule has 0 aliphatic carbocycles. The van der Waals surface area contributed by atoms with Crippen molar-refractivity contribution in [2.45, 2.75) is 51.9 Å². The summed E-state index contributed by atoms with van der Waals surface area (Å²) < 4.78 is 5.80. The van der Waals surface area contributed by atoms with Crippen molar-refractivity contribution >= 4 is 22.4 Å². The lowest BCUT2D eigenvalue weighted by Crippen LogP contribution is -2.12. The molecule has 3 rings (SSSR count). The van der Waals surface area contributed by atoms with E-state index in [4.69, 9.17) is 10.2 Å². The predicted molar refractivity (Wildman–Crippen MR) is 102 cm³/mol. The number of carbonyl (C=O) groups is 1. The van der Waals surface area contributed by atoms with Crippen LogP contribution in [0.15, 0.2) is 27.4 Å². The van der Waals surface area contributed by atoms with E-state index in [0.717, 1.165) is 19.3 Å². The fourth-order valence-corrected chi connectivity index (χ4v) is 3.08. The number of hydrogen-bond donors (Lipinski definition) is 2. The molecule has 0 bridgehead atoms. The van der Waals surface area contributed by atoms with Gasteiger partial charge in [0.1, 0.15) is 11.3 Å². The molecule has 0 amide bonds. The maximum atomic E-state index is 12.7. The first-order chi connectivity index (χ1) is 13.1. The molecule has 0 aliphatic heterocycles. The van der Waals surface area contributed by atoms with Gasteiger partial charge >= 0.3 is 0 Å². The number of anilines is 1. The van der Waals surface area contributed by atoms with Gasteiger partial charge in [0.05, 0.1) is 10.9 Å². The van der Waals surface area contributed by atoms with Crippen LogP contribution < -0.4 is 11.2 Å². The molecule has 0 fully saturated rings. The van der Waals surface area contributed by atoms with Crippen molar-refractivity contribution in [3.05, 3.63) is 34.0 Å². The summed E-state index contributed by atoms with van der Waals surface area (Å²) in [5.41, 5.74) is 5.97. The van der Waals surface area contributed by atoms with Gasteiger partial charge in [0.15, 0.2) is 5.78 Å². The molecule has 0 unspecified atom stereocenters. The zero-order chi connectivity index (χ0) is 19.2. The van der Waals surface area contributed by atoms with Crippen LogP contribution in [-0.2, 0) is 0 Å². The zero-order valence-electron chi connectivity index (χ0n) is 15.3. The number of ketones is 1. The summed E-state index contributed by atoms with van der Waals surface area (Å²) in [6, 6.07) is 4.93. The standard InChI is InChI=1S/C19H23N5O3/c1-2-3-4-5-6-7-11-14(25)12-9-8-10-13-16(26)15(20)18(27-17(12)13)19-21-23-24-22-19/h8-10H,2-7,11,20H2,1H3,(H,21,22,23,24). The van der Waals surface area contributed by atoms with Crippen LogP contribution in [0.5, 0.6) is 0 Å². The highest BCUT2D eigenvalue weighted by Gasteiger charge is 2.20. The summed E-state index contributed by atoms with van der Waals surface area (Å²) in [7, 11) is 0. The Hall–Kier alpha value is -3.03. The Kier molecular flexibility index (Phi) is 5.95. The van der Waals surface area contributed by atoms with Crippen LogP contribution in [-0.4, -0.2) is 26.4 Å². The molecule has 0 spiro atoms. The summed E-state index contributed by atoms with van der Waals surface area (Å²) in [6.07, 6.45) is 6.99. The number of nitrogens with zero attached hydrogens (tertiary/aromatic N) is 3. The van der Waals surface area contributed by atoms with Gasteiger partial charge in [0, 0.05) is 6.42 Å². The van der Waals surface area contributed by atoms with E-state index in [1.54, 1.807) is 18.2 Å². The van der Waals surface area contributed by atoms with Crippen molar-refractivity contribution in [2.24, 2.45) is 0 Å². The van der Waals surface area contributed by atoms with E-state index in [9.17, 15) is 9.59 Å². The minimum Gasteiger partial charge on any atom is -0.449 e. The van der Waals surface area contributed by atoms with E-state index >= 15 is 0 Å². The van der Waals surface area contributed by atoms with Crippen molar-refractivity contribution in [2.75, 3.05) is 5.73 Å². The van der Waals surface area contributed by atoms with E-state index in [1.807, 2.05) is 0 Å². The van der Waals surface area contributed by atoms with Crippen LogP contribution in [0.1, 0.15) is 62.2 Å². The lowest BCUT2D eigenvalue weighted by Gasteiger charge is -2.08. The maximum Gasteiger partial charge on any atom is 0.242 e. The maximum absolute atomic E-state index is 12.7. The number of benzene rings is 1. The fraction of sp³-hybridized carbons (Fsp3) is 0.421. The molecule has 2 aromatic heterocycles. The second kappa shape index (κ2) is 8.57.